The van der Waals surface area contributed by atoms with Gasteiger partial charge < -0.3 is 9.88 Å². The Morgan fingerprint density at radius 3 is 2.18 bits per heavy atom. The second-order valence-corrected chi connectivity index (χ2v) is 8.42. The zero-order valence-corrected chi connectivity index (χ0v) is 19.2. The first kappa shape index (κ1) is 21.7. The van der Waals surface area contributed by atoms with E-state index in [-0.39, 0.29) is 11.9 Å². The lowest BCUT2D eigenvalue weighted by Crippen LogP contribution is -2.28. The highest BCUT2D eigenvalue weighted by molar-refractivity contribution is 5.98. The molecule has 5 aromatic rings. The Balaban J connectivity index is 1.54. The maximum absolute atomic E-state index is 13.2. The van der Waals surface area contributed by atoms with Crippen LogP contribution < -0.4 is 5.32 Å². The summed E-state index contributed by atoms with van der Waals surface area (Å²) in [5, 5.41) is 3.20. The minimum Gasteiger partial charge on any atom is -0.345 e. The van der Waals surface area contributed by atoms with Gasteiger partial charge >= 0.3 is 0 Å². The second-order valence-electron chi connectivity index (χ2n) is 8.42. The predicted octanol–water partition coefficient (Wildman–Crippen LogP) is 6.63. The Labute approximate surface area is 199 Å². The molecule has 0 saturated carbocycles. The molecule has 0 spiro atoms. The summed E-state index contributed by atoms with van der Waals surface area (Å²) in [7, 11) is 0. The fourth-order valence-corrected chi connectivity index (χ4v) is 4.35. The lowest BCUT2D eigenvalue weighted by molar-refractivity contribution is 0.0935. The standard InChI is InChI=1S/C30H27N3O/c1-2-26(23-14-8-4-9-15-23)32-30(34)25-18-19-27-28(20-25)33(21-22-12-6-3-7-13-22)29(31-27)24-16-10-5-11-17-24/h3-20,26H,2,21H2,1H3,(H,32,34). The molecular formula is C30H27N3O. The van der Waals surface area contributed by atoms with Crippen molar-refractivity contribution in [2.75, 3.05) is 0 Å². The van der Waals surface area contributed by atoms with Crippen molar-refractivity contribution >= 4 is 16.9 Å². The van der Waals surface area contributed by atoms with Gasteiger partial charge in [-0.2, -0.15) is 0 Å². The molecule has 0 bridgehead atoms. The summed E-state index contributed by atoms with van der Waals surface area (Å²) in [6.45, 7) is 2.76. The van der Waals surface area contributed by atoms with Gasteiger partial charge in [0.05, 0.1) is 17.1 Å². The first-order chi connectivity index (χ1) is 16.7. The molecule has 0 aliphatic rings. The molecule has 0 aliphatic heterocycles. The van der Waals surface area contributed by atoms with Crippen LogP contribution in [0.3, 0.4) is 0 Å². The summed E-state index contributed by atoms with van der Waals surface area (Å²) >= 11 is 0. The molecule has 0 fully saturated rings. The number of rotatable bonds is 7. The Kier molecular flexibility index (Phi) is 6.21. The number of imidazole rings is 1. The highest BCUT2D eigenvalue weighted by atomic mass is 16.1. The number of carbonyl (C=O) groups excluding carboxylic acids is 1. The summed E-state index contributed by atoms with van der Waals surface area (Å²) in [5.41, 5.74) is 5.81. The molecule has 1 aromatic heterocycles. The summed E-state index contributed by atoms with van der Waals surface area (Å²) < 4.78 is 2.20. The monoisotopic (exact) mass is 445 g/mol. The zero-order valence-electron chi connectivity index (χ0n) is 19.2. The number of amides is 1. The minimum atomic E-state index is -0.0775. The molecule has 4 nitrogen and oxygen atoms in total. The van der Waals surface area contributed by atoms with Gasteiger partial charge in [-0.05, 0) is 35.7 Å². The first-order valence-electron chi connectivity index (χ1n) is 11.7. The number of carbonyl (C=O) groups is 1. The molecule has 1 unspecified atom stereocenters. The number of fused-ring (bicyclic) bond motifs is 1. The van der Waals surface area contributed by atoms with Crippen molar-refractivity contribution in [3.63, 3.8) is 0 Å². The van der Waals surface area contributed by atoms with E-state index in [0.717, 1.165) is 34.4 Å². The Hall–Kier alpha value is -4.18. The van der Waals surface area contributed by atoms with E-state index in [1.54, 1.807) is 0 Å². The Morgan fingerprint density at radius 2 is 1.50 bits per heavy atom. The van der Waals surface area contributed by atoms with Gasteiger partial charge in [0.15, 0.2) is 0 Å². The quantitative estimate of drug-likeness (QED) is 0.305. The highest BCUT2D eigenvalue weighted by Crippen LogP contribution is 2.27. The summed E-state index contributed by atoms with van der Waals surface area (Å²) in [4.78, 5) is 18.2. The van der Waals surface area contributed by atoms with Gasteiger partial charge in [0.1, 0.15) is 5.82 Å². The van der Waals surface area contributed by atoms with E-state index in [1.807, 2.05) is 72.8 Å². The van der Waals surface area contributed by atoms with Crippen molar-refractivity contribution in [2.24, 2.45) is 0 Å². The van der Waals surface area contributed by atoms with Crippen molar-refractivity contribution in [3.05, 3.63) is 126 Å². The molecule has 168 valence electrons. The molecule has 5 rings (SSSR count). The maximum atomic E-state index is 13.2. The summed E-state index contributed by atoms with van der Waals surface area (Å²) in [6, 6.07) is 36.4. The van der Waals surface area contributed by atoms with Crippen LogP contribution >= 0.6 is 0 Å². The minimum absolute atomic E-state index is 0.0292. The van der Waals surface area contributed by atoms with E-state index in [4.69, 9.17) is 4.98 Å². The third-order valence-corrected chi connectivity index (χ3v) is 6.14. The number of nitrogens with one attached hydrogen (secondary N) is 1. The predicted molar refractivity (Wildman–Crippen MR) is 138 cm³/mol. The fourth-order valence-electron chi connectivity index (χ4n) is 4.35. The fraction of sp³-hybridized carbons (Fsp3) is 0.133. The van der Waals surface area contributed by atoms with Crippen LogP contribution in [0.2, 0.25) is 0 Å². The van der Waals surface area contributed by atoms with Crippen LogP contribution in [-0.2, 0) is 6.54 Å². The Bertz CT molecular complexity index is 1390. The molecule has 1 heterocycles. The van der Waals surface area contributed by atoms with Crippen LogP contribution in [0.4, 0.5) is 0 Å². The van der Waals surface area contributed by atoms with E-state index in [1.165, 1.54) is 5.56 Å². The van der Waals surface area contributed by atoms with Crippen LogP contribution in [0.15, 0.2) is 109 Å². The number of nitrogens with zero attached hydrogens (tertiary/aromatic N) is 2. The van der Waals surface area contributed by atoms with E-state index >= 15 is 0 Å². The van der Waals surface area contributed by atoms with Gasteiger partial charge in [-0.25, -0.2) is 4.98 Å². The van der Waals surface area contributed by atoms with E-state index < -0.39 is 0 Å². The van der Waals surface area contributed by atoms with Gasteiger partial charge in [0, 0.05) is 17.7 Å². The lowest BCUT2D eigenvalue weighted by Gasteiger charge is -2.17. The zero-order chi connectivity index (χ0) is 23.3. The van der Waals surface area contributed by atoms with Crippen LogP contribution in [0.1, 0.15) is 40.9 Å². The van der Waals surface area contributed by atoms with Crippen LogP contribution in [-0.4, -0.2) is 15.5 Å². The van der Waals surface area contributed by atoms with Gasteiger partial charge in [0.25, 0.3) is 5.91 Å². The average molecular weight is 446 g/mol. The molecule has 1 atom stereocenters. The smallest absolute Gasteiger partial charge is 0.251 e. The van der Waals surface area contributed by atoms with Crippen LogP contribution in [0.25, 0.3) is 22.4 Å². The highest BCUT2D eigenvalue weighted by Gasteiger charge is 2.18. The van der Waals surface area contributed by atoms with Crippen LogP contribution in [0.5, 0.6) is 0 Å². The van der Waals surface area contributed by atoms with Crippen LogP contribution in [0, 0.1) is 0 Å². The first-order valence-corrected chi connectivity index (χ1v) is 11.7. The normalized spacial score (nSPS) is 11.9. The molecule has 4 aromatic carbocycles. The SMILES string of the molecule is CCC(NC(=O)c1ccc2nc(-c3ccccc3)n(Cc3ccccc3)c2c1)c1ccccc1. The largest absolute Gasteiger partial charge is 0.345 e. The third kappa shape index (κ3) is 4.48. The molecule has 4 heteroatoms. The topological polar surface area (TPSA) is 46.9 Å². The third-order valence-electron chi connectivity index (χ3n) is 6.14. The van der Waals surface area contributed by atoms with Crippen molar-refractivity contribution in [1.82, 2.24) is 14.9 Å². The van der Waals surface area contributed by atoms with E-state index in [2.05, 4.69) is 53.2 Å². The van der Waals surface area contributed by atoms with Crippen molar-refractivity contribution in [2.45, 2.75) is 25.9 Å². The molecule has 0 radical (unpaired) electrons. The summed E-state index contributed by atoms with van der Waals surface area (Å²) in [6.07, 6.45) is 0.822. The Morgan fingerprint density at radius 1 is 0.853 bits per heavy atom. The molecule has 0 aliphatic carbocycles. The van der Waals surface area contributed by atoms with Gasteiger partial charge in [-0.1, -0.05) is 97.9 Å². The van der Waals surface area contributed by atoms with E-state index in [9.17, 15) is 4.79 Å². The molecule has 1 amide bonds. The second kappa shape index (κ2) is 9.75. The van der Waals surface area contributed by atoms with Crippen molar-refractivity contribution < 1.29 is 4.79 Å². The molecule has 0 saturated heterocycles. The van der Waals surface area contributed by atoms with Crippen molar-refractivity contribution in [3.8, 4) is 11.4 Å². The van der Waals surface area contributed by atoms with Gasteiger partial charge in [0.2, 0.25) is 0 Å². The number of benzene rings is 4. The molecular weight excluding hydrogens is 418 g/mol. The molecule has 1 N–H and O–H groups in total. The average Bonchev–Trinajstić information content (AvgIpc) is 3.26. The van der Waals surface area contributed by atoms with E-state index in [0.29, 0.717) is 12.1 Å². The maximum Gasteiger partial charge on any atom is 0.251 e. The number of aromatic nitrogens is 2. The summed E-state index contributed by atoms with van der Waals surface area (Å²) in [5.74, 6) is 0.819. The number of hydrogen-bond donors (Lipinski definition) is 1. The number of hydrogen-bond acceptors (Lipinski definition) is 2. The van der Waals surface area contributed by atoms with Gasteiger partial charge in [-0.15, -0.1) is 0 Å². The molecule has 34 heavy (non-hydrogen) atoms. The lowest BCUT2D eigenvalue weighted by atomic mass is 10.0. The van der Waals surface area contributed by atoms with Crippen molar-refractivity contribution in [1.29, 1.82) is 0 Å². The van der Waals surface area contributed by atoms with Gasteiger partial charge in [-0.3, -0.25) is 4.79 Å².